The van der Waals surface area contributed by atoms with Crippen LogP contribution in [0.15, 0.2) is 23.8 Å². The molecule has 0 fully saturated rings. The van der Waals surface area contributed by atoms with Gasteiger partial charge in [0.15, 0.2) is 11.5 Å². The van der Waals surface area contributed by atoms with Crippen molar-refractivity contribution in [2.75, 3.05) is 26.8 Å². The Kier molecular flexibility index (Phi) is 13.0. The zero-order chi connectivity index (χ0) is 26.7. The fourth-order valence-corrected chi connectivity index (χ4v) is 5.07. The number of aliphatic hydroxyl groups excluding tert-OH is 3. The van der Waals surface area contributed by atoms with E-state index in [9.17, 15) is 19.8 Å². The Morgan fingerprint density at radius 2 is 1.94 bits per heavy atom. The summed E-state index contributed by atoms with van der Waals surface area (Å²) in [7, 11) is 1.49. The monoisotopic (exact) mass is 618 g/mol. The molecule has 1 aromatic carbocycles. The highest BCUT2D eigenvalue weighted by Gasteiger charge is 2.40. The lowest BCUT2D eigenvalue weighted by Gasteiger charge is -2.40. The molecule has 1 aliphatic carbocycles. The number of aliphatic hydroxyl groups is 3. The van der Waals surface area contributed by atoms with Crippen LogP contribution in [0, 0.1) is 3.57 Å². The van der Waals surface area contributed by atoms with Gasteiger partial charge in [-0.15, -0.1) is 0 Å². The first-order valence-corrected chi connectivity index (χ1v) is 13.6. The number of rotatable bonds is 14. The lowest BCUT2D eigenvalue weighted by atomic mass is 9.87. The van der Waals surface area contributed by atoms with Crippen molar-refractivity contribution in [2.45, 2.75) is 77.2 Å². The number of amides is 2. The first-order valence-electron chi connectivity index (χ1n) is 12.5. The fraction of sp³-hybridized carbons (Fsp3) is 0.615. The van der Waals surface area contributed by atoms with E-state index in [4.69, 9.17) is 14.6 Å². The molecule has 1 aromatic rings. The van der Waals surface area contributed by atoms with Crippen LogP contribution in [0.5, 0.6) is 11.5 Å². The summed E-state index contributed by atoms with van der Waals surface area (Å²) in [6.07, 6.45) is 3.93. The molecule has 9 nitrogen and oxygen atoms in total. The van der Waals surface area contributed by atoms with E-state index in [0.29, 0.717) is 32.8 Å². The number of nitrogens with zero attached hydrogens (tertiary/aromatic N) is 1. The number of nitrogens with one attached hydrogen (secondary N) is 1. The summed E-state index contributed by atoms with van der Waals surface area (Å²) < 4.78 is 12.4. The summed E-state index contributed by atoms with van der Waals surface area (Å²) in [6, 6.07) is 2.76. The van der Waals surface area contributed by atoms with Crippen LogP contribution >= 0.6 is 22.6 Å². The topological polar surface area (TPSA) is 129 Å². The van der Waals surface area contributed by atoms with Crippen LogP contribution in [-0.2, 0) is 16.2 Å². The summed E-state index contributed by atoms with van der Waals surface area (Å²) in [5, 5.41) is 32.7. The van der Waals surface area contributed by atoms with Crippen LogP contribution in [0.3, 0.4) is 0 Å². The molecule has 0 aliphatic heterocycles. The van der Waals surface area contributed by atoms with Crippen molar-refractivity contribution in [3.05, 3.63) is 32.9 Å². The molecule has 0 spiro atoms. The van der Waals surface area contributed by atoms with Crippen LogP contribution in [0.4, 0.5) is 0 Å². The second kappa shape index (κ2) is 15.4. The van der Waals surface area contributed by atoms with Crippen molar-refractivity contribution >= 4 is 34.4 Å². The first-order chi connectivity index (χ1) is 17.3. The smallest absolute Gasteiger partial charge is 0.247 e. The van der Waals surface area contributed by atoms with E-state index in [0.717, 1.165) is 25.7 Å². The van der Waals surface area contributed by atoms with Crippen LogP contribution in [0.25, 0.3) is 0 Å². The van der Waals surface area contributed by atoms with Crippen LogP contribution in [-0.4, -0.2) is 77.1 Å². The molecule has 2 rings (SSSR count). The third-order valence-corrected chi connectivity index (χ3v) is 7.02. The second-order valence-electron chi connectivity index (χ2n) is 8.78. The molecule has 36 heavy (non-hydrogen) atoms. The Hall–Kier alpha value is -1.89. The summed E-state index contributed by atoms with van der Waals surface area (Å²) in [5.41, 5.74) is 1.03. The van der Waals surface area contributed by atoms with Gasteiger partial charge in [-0.2, -0.15) is 0 Å². The highest BCUT2D eigenvalue weighted by molar-refractivity contribution is 14.1. The molecule has 0 radical (unpaired) electrons. The van der Waals surface area contributed by atoms with Gasteiger partial charge in [0, 0.05) is 31.5 Å². The zero-order valence-electron chi connectivity index (χ0n) is 21.3. The van der Waals surface area contributed by atoms with Gasteiger partial charge < -0.3 is 35.0 Å². The molecule has 3 atom stereocenters. The van der Waals surface area contributed by atoms with E-state index in [1.807, 2.05) is 0 Å². The van der Waals surface area contributed by atoms with Gasteiger partial charge in [-0.1, -0.05) is 33.1 Å². The number of benzene rings is 1. The number of carbonyl (C=O) groups is 2. The van der Waals surface area contributed by atoms with Crippen molar-refractivity contribution in [2.24, 2.45) is 0 Å². The molecule has 2 amide bonds. The molecular weight excluding hydrogens is 579 g/mol. The third-order valence-electron chi connectivity index (χ3n) is 6.22. The predicted molar refractivity (Wildman–Crippen MR) is 145 cm³/mol. The van der Waals surface area contributed by atoms with Crippen molar-refractivity contribution in [3.63, 3.8) is 0 Å². The van der Waals surface area contributed by atoms with Crippen LogP contribution in [0.1, 0.15) is 57.9 Å². The minimum absolute atomic E-state index is 0.0919. The Bertz CT molecular complexity index is 909. The Balaban J connectivity index is 2.43. The Labute approximate surface area is 227 Å². The quantitative estimate of drug-likeness (QED) is 0.186. The van der Waals surface area contributed by atoms with Gasteiger partial charge in [0.25, 0.3) is 0 Å². The minimum atomic E-state index is -1.08. The van der Waals surface area contributed by atoms with E-state index < -0.39 is 18.2 Å². The number of ether oxygens (including phenoxy) is 2. The van der Waals surface area contributed by atoms with Crippen LogP contribution in [0.2, 0.25) is 0 Å². The molecule has 0 saturated carbocycles. The number of hydrogen-bond acceptors (Lipinski definition) is 7. The maximum Gasteiger partial charge on any atom is 0.247 e. The molecule has 0 saturated heterocycles. The van der Waals surface area contributed by atoms with E-state index in [1.165, 1.54) is 7.11 Å². The molecule has 0 aromatic heterocycles. The molecule has 0 bridgehead atoms. The molecule has 10 heteroatoms. The van der Waals surface area contributed by atoms with Gasteiger partial charge in [-0.05, 0) is 52.8 Å². The van der Waals surface area contributed by atoms with E-state index in [-0.39, 0.29) is 44.4 Å². The Morgan fingerprint density at radius 1 is 1.19 bits per heavy atom. The molecule has 0 heterocycles. The van der Waals surface area contributed by atoms with Gasteiger partial charge in [-0.3, -0.25) is 9.59 Å². The lowest BCUT2D eigenvalue weighted by molar-refractivity contribution is -0.138. The summed E-state index contributed by atoms with van der Waals surface area (Å²) >= 11 is 2.07. The maximum absolute atomic E-state index is 12.9. The third kappa shape index (κ3) is 8.06. The molecule has 1 aliphatic rings. The zero-order valence-corrected chi connectivity index (χ0v) is 23.5. The van der Waals surface area contributed by atoms with Crippen LogP contribution < -0.4 is 14.8 Å². The summed E-state index contributed by atoms with van der Waals surface area (Å²) in [4.78, 5) is 27.5. The normalized spacial score (nSPS) is 19.4. The summed E-state index contributed by atoms with van der Waals surface area (Å²) in [6.45, 7) is 4.12. The average Bonchev–Trinajstić information content (AvgIpc) is 2.89. The highest BCUT2D eigenvalue weighted by atomic mass is 127. The highest BCUT2D eigenvalue weighted by Crippen LogP contribution is 2.37. The summed E-state index contributed by atoms with van der Waals surface area (Å²) in [5.74, 6) is 0.302. The van der Waals surface area contributed by atoms with Gasteiger partial charge in [-0.25, -0.2) is 0 Å². The molecule has 3 unspecified atom stereocenters. The minimum Gasteiger partial charge on any atom is -0.493 e. The number of halogens is 1. The molecule has 4 N–H and O–H groups in total. The van der Waals surface area contributed by atoms with Crippen molar-refractivity contribution in [3.8, 4) is 11.5 Å². The lowest BCUT2D eigenvalue weighted by Crippen LogP contribution is -2.55. The van der Waals surface area contributed by atoms with Crippen molar-refractivity contribution < 1.29 is 34.4 Å². The molecular formula is C26H39IN2O7. The SMILES string of the molecule is CCCCCCN(C(=O)CC)C1CC(C(=O)NCCO)=CC(Oc2c(I)cc(CO)cc2OC)C1O. The van der Waals surface area contributed by atoms with E-state index in [2.05, 4.69) is 34.8 Å². The average molecular weight is 619 g/mol. The fourth-order valence-electron chi connectivity index (χ4n) is 4.28. The van der Waals surface area contributed by atoms with Crippen molar-refractivity contribution in [1.29, 1.82) is 0 Å². The Morgan fingerprint density at radius 3 is 2.56 bits per heavy atom. The first kappa shape index (κ1) is 30.3. The maximum atomic E-state index is 12.9. The molecule has 202 valence electrons. The number of hydrogen-bond donors (Lipinski definition) is 4. The van der Waals surface area contributed by atoms with Gasteiger partial charge >= 0.3 is 0 Å². The number of methoxy groups -OCH3 is 1. The largest absolute Gasteiger partial charge is 0.493 e. The number of unbranched alkanes of at least 4 members (excludes halogenated alkanes) is 3. The standard InChI is InChI=1S/C26H39IN2O7/c1-4-6-7-8-10-29(23(32)5-2)20-14-18(26(34)28-9-11-30)15-21(24(20)33)36-25-19(27)12-17(16-31)13-22(25)35-3/h12-13,15,20-21,24,30-31,33H,4-11,14,16H2,1-3H3,(H,28,34). The predicted octanol–water partition coefficient (Wildman–Crippen LogP) is 2.53. The van der Waals surface area contributed by atoms with E-state index in [1.54, 1.807) is 30.0 Å². The van der Waals surface area contributed by atoms with Gasteiger partial charge in [0.1, 0.15) is 12.2 Å². The van der Waals surface area contributed by atoms with Gasteiger partial charge in [0.2, 0.25) is 11.8 Å². The second-order valence-corrected chi connectivity index (χ2v) is 9.95. The van der Waals surface area contributed by atoms with Crippen molar-refractivity contribution in [1.82, 2.24) is 10.2 Å². The van der Waals surface area contributed by atoms with E-state index >= 15 is 0 Å². The van der Waals surface area contributed by atoms with Gasteiger partial charge in [0.05, 0.1) is 29.9 Å². The number of carbonyl (C=O) groups excluding carboxylic acids is 2.